The van der Waals surface area contributed by atoms with Gasteiger partial charge in [-0.15, -0.1) is 11.8 Å². The number of anilines is 1. The Hall–Kier alpha value is -2.02. The first-order valence-corrected chi connectivity index (χ1v) is 6.33. The van der Waals surface area contributed by atoms with E-state index in [0.717, 1.165) is 10.6 Å². The molecule has 2 rings (SSSR count). The second-order valence-electron chi connectivity index (χ2n) is 3.48. The lowest BCUT2D eigenvalue weighted by Gasteiger charge is -2.05. The summed E-state index contributed by atoms with van der Waals surface area (Å²) in [6.07, 6.45) is 1.63. The summed E-state index contributed by atoms with van der Waals surface area (Å²) in [5.74, 6) is 1.29. The SMILES string of the molecule is CCSc1cnn(-c2ccccc2[N+](=O)[O-])c1N. The minimum atomic E-state index is -0.441. The molecule has 2 N–H and O–H groups in total. The molecule has 1 heterocycles. The van der Waals surface area contributed by atoms with Crippen LogP contribution in [0.4, 0.5) is 11.5 Å². The number of thioether (sulfide) groups is 1. The highest BCUT2D eigenvalue weighted by atomic mass is 32.2. The number of rotatable bonds is 4. The zero-order valence-corrected chi connectivity index (χ0v) is 10.6. The summed E-state index contributed by atoms with van der Waals surface area (Å²) >= 11 is 1.55. The second-order valence-corrected chi connectivity index (χ2v) is 4.79. The van der Waals surface area contributed by atoms with Crippen LogP contribution in [0.1, 0.15) is 6.92 Å². The Kier molecular flexibility index (Phi) is 3.52. The predicted molar refractivity (Wildman–Crippen MR) is 71.0 cm³/mol. The number of nitro benzene ring substituents is 1. The molecule has 0 saturated carbocycles. The number of nitrogens with zero attached hydrogens (tertiary/aromatic N) is 3. The molecule has 2 aromatic rings. The summed E-state index contributed by atoms with van der Waals surface area (Å²) in [6.45, 7) is 2.01. The van der Waals surface area contributed by atoms with Gasteiger partial charge in [0.2, 0.25) is 0 Å². The topological polar surface area (TPSA) is 87.0 Å². The van der Waals surface area contributed by atoms with E-state index in [1.807, 2.05) is 6.92 Å². The van der Waals surface area contributed by atoms with E-state index >= 15 is 0 Å². The Balaban J connectivity index is 2.52. The number of nitro groups is 1. The molecule has 0 aliphatic carbocycles. The first kappa shape index (κ1) is 12.4. The first-order valence-electron chi connectivity index (χ1n) is 5.35. The van der Waals surface area contributed by atoms with Crippen molar-refractivity contribution < 1.29 is 4.92 Å². The largest absolute Gasteiger partial charge is 0.383 e. The van der Waals surface area contributed by atoms with Crippen LogP contribution >= 0.6 is 11.8 Å². The molecule has 0 bridgehead atoms. The summed E-state index contributed by atoms with van der Waals surface area (Å²) in [5.41, 5.74) is 6.31. The summed E-state index contributed by atoms with van der Waals surface area (Å²) in [5, 5.41) is 15.1. The van der Waals surface area contributed by atoms with E-state index in [0.29, 0.717) is 11.5 Å². The molecule has 0 atom stereocenters. The Labute approximate surface area is 108 Å². The standard InChI is InChI=1S/C11H12N4O2S/c1-2-18-10-7-13-14(11(10)12)8-5-3-4-6-9(8)15(16)17/h3-7H,2,12H2,1H3. The molecule has 0 aliphatic heterocycles. The molecule has 1 aromatic carbocycles. The molecule has 7 heteroatoms. The highest BCUT2D eigenvalue weighted by molar-refractivity contribution is 7.99. The van der Waals surface area contributed by atoms with Gasteiger partial charge in [0.15, 0.2) is 0 Å². The smallest absolute Gasteiger partial charge is 0.294 e. The van der Waals surface area contributed by atoms with Crippen LogP contribution in [0.25, 0.3) is 5.69 Å². The Morgan fingerprint density at radius 3 is 2.89 bits per heavy atom. The third kappa shape index (κ3) is 2.17. The van der Waals surface area contributed by atoms with Gasteiger partial charge in [-0.25, -0.2) is 4.68 Å². The molecule has 94 valence electrons. The highest BCUT2D eigenvalue weighted by Crippen LogP contribution is 2.29. The molecule has 0 amide bonds. The van der Waals surface area contributed by atoms with Gasteiger partial charge in [0.1, 0.15) is 11.5 Å². The van der Waals surface area contributed by atoms with E-state index in [-0.39, 0.29) is 5.69 Å². The van der Waals surface area contributed by atoms with Crippen LogP contribution in [0.3, 0.4) is 0 Å². The van der Waals surface area contributed by atoms with Crippen LogP contribution in [0, 0.1) is 10.1 Å². The normalized spacial score (nSPS) is 10.5. The molecule has 18 heavy (non-hydrogen) atoms. The lowest BCUT2D eigenvalue weighted by atomic mass is 10.3. The number of hydrogen-bond acceptors (Lipinski definition) is 5. The summed E-state index contributed by atoms with van der Waals surface area (Å²) < 4.78 is 1.40. The average Bonchev–Trinajstić information content (AvgIpc) is 2.72. The second kappa shape index (κ2) is 5.09. The van der Waals surface area contributed by atoms with Crippen molar-refractivity contribution >= 4 is 23.3 Å². The molecule has 0 aliphatic rings. The van der Waals surface area contributed by atoms with Crippen molar-refractivity contribution in [3.8, 4) is 5.69 Å². The van der Waals surface area contributed by atoms with Crippen LogP contribution in [0.15, 0.2) is 35.4 Å². The zero-order chi connectivity index (χ0) is 13.1. The number of benzene rings is 1. The van der Waals surface area contributed by atoms with E-state index < -0.39 is 4.92 Å². The third-order valence-corrected chi connectivity index (χ3v) is 3.29. The quantitative estimate of drug-likeness (QED) is 0.520. The van der Waals surface area contributed by atoms with Gasteiger partial charge in [-0.3, -0.25) is 10.1 Å². The number of aromatic nitrogens is 2. The van der Waals surface area contributed by atoms with Gasteiger partial charge in [0, 0.05) is 6.07 Å². The number of para-hydroxylation sites is 2. The van der Waals surface area contributed by atoms with Gasteiger partial charge in [0.05, 0.1) is 16.0 Å². The van der Waals surface area contributed by atoms with E-state index in [1.54, 1.807) is 36.2 Å². The lowest BCUT2D eigenvalue weighted by molar-refractivity contribution is -0.384. The van der Waals surface area contributed by atoms with Crippen LogP contribution < -0.4 is 5.73 Å². The van der Waals surface area contributed by atoms with E-state index in [4.69, 9.17) is 5.73 Å². The Bertz CT molecular complexity index is 582. The van der Waals surface area contributed by atoms with Gasteiger partial charge in [0.25, 0.3) is 5.69 Å². The molecule has 6 nitrogen and oxygen atoms in total. The van der Waals surface area contributed by atoms with Crippen molar-refractivity contribution in [2.75, 3.05) is 11.5 Å². The van der Waals surface area contributed by atoms with Crippen molar-refractivity contribution in [2.45, 2.75) is 11.8 Å². The van der Waals surface area contributed by atoms with E-state index in [1.165, 1.54) is 10.7 Å². The maximum Gasteiger partial charge on any atom is 0.294 e. The van der Waals surface area contributed by atoms with Crippen molar-refractivity contribution in [3.05, 3.63) is 40.6 Å². The van der Waals surface area contributed by atoms with E-state index in [9.17, 15) is 10.1 Å². The summed E-state index contributed by atoms with van der Waals surface area (Å²) in [6, 6.07) is 6.39. The highest BCUT2D eigenvalue weighted by Gasteiger charge is 2.18. The molecule has 0 fully saturated rings. The van der Waals surface area contributed by atoms with Crippen molar-refractivity contribution in [2.24, 2.45) is 0 Å². The summed E-state index contributed by atoms with van der Waals surface area (Å²) in [4.78, 5) is 11.3. The fraction of sp³-hybridized carbons (Fsp3) is 0.182. The first-order chi connectivity index (χ1) is 8.65. The Morgan fingerprint density at radius 1 is 1.50 bits per heavy atom. The number of hydrogen-bond donors (Lipinski definition) is 1. The zero-order valence-electron chi connectivity index (χ0n) is 9.74. The van der Waals surface area contributed by atoms with Gasteiger partial charge < -0.3 is 5.73 Å². The Morgan fingerprint density at radius 2 is 2.22 bits per heavy atom. The van der Waals surface area contributed by atoms with Crippen LogP contribution in [-0.4, -0.2) is 20.5 Å². The van der Waals surface area contributed by atoms with Crippen molar-refractivity contribution in [3.63, 3.8) is 0 Å². The lowest BCUT2D eigenvalue weighted by Crippen LogP contribution is -2.05. The molecule has 0 unspecified atom stereocenters. The van der Waals surface area contributed by atoms with Gasteiger partial charge in [-0.2, -0.15) is 5.10 Å². The monoisotopic (exact) mass is 264 g/mol. The fourth-order valence-corrected chi connectivity index (χ4v) is 2.27. The fourth-order valence-electron chi connectivity index (χ4n) is 1.60. The number of nitrogen functional groups attached to an aromatic ring is 1. The van der Waals surface area contributed by atoms with Crippen molar-refractivity contribution in [1.29, 1.82) is 0 Å². The van der Waals surface area contributed by atoms with Gasteiger partial charge in [-0.1, -0.05) is 19.1 Å². The minimum absolute atomic E-state index is 0.0136. The minimum Gasteiger partial charge on any atom is -0.383 e. The predicted octanol–water partition coefficient (Wildman–Crippen LogP) is 2.47. The van der Waals surface area contributed by atoms with Crippen molar-refractivity contribution in [1.82, 2.24) is 9.78 Å². The van der Waals surface area contributed by atoms with Crippen LogP contribution in [0.5, 0.6) is 0 Å². The maximum atomic E-state index is 11.0. The molecule has 0 saturated heterocycles. The molecular formula is C11H12N4O2S. The molecular weight excluding hydrogens is 252 g/mol. The molecule has 0 radical (unpaired) electrons. The van der Waals surface area contributed by atoms with Gasteiger partial charge in [-0.05, 0) is 11.8 Å². The van der Waals surface area contributed by atoms with Crippen LogP contribution in [0.2, 0.25) is 0 Å². The molecule has 1 aromatic heterocycles. The average molecular weight is 264 g/mol. The van der Waals surface area contributed by atoms with Crippen LogP contribution in [-0.2, 0) is 0 Å². The van der Waals surface area contributed by atoms with Gasteiger partial charge >= 0.3 is 0 Å². The third-order valence-electron chi connectivity index (χ3n) is 2.38. The summed E-state index contributed by atoms with van der Waals surface area (Å²) in [7, 11) is 0. The number of nitrogens with two attached hydrogens (primary N) is 1. The molecule has 0 spiro atoms. The maximum absolute atomic E-state index is 11.0. The van der Waals surface area contributed by atoms with E-state index in [2.05, 4.69) is 5.10 Å².